The zero-order valence-electron chi connectivity index (χ0n) is 66.8. The fourth-order valence-electron chi connectivity index (χ4n) is 12.9. The van der Waals surface area contributed by atoms with Gasteiger partial charge in [0.15, 0.2) is 12.2 Å². The summed E-state index contributed by atoms with van der Waals surface area (Å²) in [6.45, 7) is 7.35. The number of phosphoric acid groups is 2. The maximum Gasteiger partial charge on any atom is 0.472 e. The molecule has 0 aliphatic rings. The molecule has 2 unspecified atom stereocenters. The zero-order chi connectivity index (χ0) is 74.8. The van der Waals surface area contributed by atoms with Crippen LogP contribution in [0.5, 0.6) is 0 Å². The minimum absolute atomic E-state index is 0.107. The lowest BCUT2D eigenvalue weighted by molar-refractivity contribution is -0.161. The second-order valence-corrected chi connectivity index (χ2v) is 33.3. The molecule has 5 atom stereocenters. The van der Waals surface area contributed by atoms with Gasteiger partial charge in [0.05, 0.1) is 26.4 Å². The van der Waals surface area contributed by atoms with Crippen molar-refractivity contribution in [2.45, 2.75) is 464 Å². The molecular weight excluding hydrogens is 1330 g/mol. The summed E-state index contributed by atoms with van der Waals surface area (Å²) in [7, 11) is -9.92. The van der Waals surface area contributed by atoms with Crippen LogP contribution in [0.2, 0.25) is 0 Å². The minimum atomic E-state index is -4.96. The SMILES string of the molecule is CCCCCCCCCCCCCCCCCCCCCCCC(=O)O[C@H](COC(=O)CCCCCCCCCCCCCCCCCC)COP(=O)(O)OC[C@@H](O)COP(=O)(O)OC[C@@H](COC(=O)CCCCCCCCCCCC)OC(=O)CCCCCCCCCCCCCCC(C)C. The van der Waals surface area contributed by atoms with E-state index in [0.717, 1.165) is 95.8 Å². The van der Waals surface area contributed by atoms with Gasteiger partial charge in [0.25, 0.3) is 0 Å². The summed E-state index contributed by atoms with van der Waals surface area (Å²) in [4.78, 5) is 73.1. The van der Waals surface area contributed by atoms with Crippen LogP contribution in [0.25, 0.3) is 0 Å². The predicted molar refractivity (Wildman–Crippen MR) is 418 cm³/mol. The van der Waals surface area contributed by atoms with Crippen LogP contribution in [0.3, 0.4) is 0 Å². The molecule has 0 rings (SSSR count). The highest BCUT2D eigenvalue weighted by molar-refractivity contribution is 7.47. The van der Waals surface area contributed by atoms with Crippen molar-refractivity contribution < 1.29 is 80.2 Å². The minimum Gasteiger partial charge on any atom is -0.462 e. The Balaban J connectivity index is 5.22. The van der Waals surface area contributed by atoms with Crippen molar-refractivity contribution in [2.24, 2.45) is 5.92 Å². The fourth-order valence-corrected chi connectivity index (χ4v) is 14.5. The quantitative estimate of drug-likeness (QED) is 0.0222. The summed E-state index contributed by atoms with van der Waals surface area (Å²) in [6.07, 6.45) is 68.0. The Kier molecular flexibility index (Phi) is 74.4. The highest BCUT2D eigenvalue weighted by atomic mass is 31.2. The van der Waals surface area contributed by atoms with Crippen molar-refractivity contribution >= 4 is 39.5 Å². The number of aliphatic hydroxyl groups is 1. The monoisotopic (exact) mass is 1490 g/mol. The molecule has 0 aliphatic carbocycles. The molecule has 606 valence electrons. The molecule has 0 spiro atoms. The van der Waals surface area contributed by atoms with Crippen molar-refractivity contribution in [3.63, 3.8) is 0 Å². The molecule has 0 bridgehead atoms. The predicted octanol–water partition coefficient (Wildman–Crippen LogP) is 25.2. The molecule has 0 aromatic heterocycles. The lowest BCUT2D eigenvalue weighted by Gasteiger charge is -2.21. The van der Waals surface area contributed by atoms with Gasteiger partial charge in [-0.15, -0.1) is 0 Å². The van der Waals surface area contributed by atoms with E-state index in [2.05, 4.69) is 34.6 Å². The number of aliphatic hydroxyl groups excluding tert-OH is 1. The molecule has 3 N–H and O–H groups in total. The molecule has 0 aromatic rings. The number of rotatable bonds is 83. The van der Waals surface area contributed by atoms with Gasteiger partial charge in [-0.25, -0.2) is 9.13 Å². The van der Waals surface area contributed by atoms with E-state index in [1.807, 2.05) is 0 Å². The van der Waals surface area contributed by atoms with Crippen molar-refractivity contribution in [2.75, 3.05) is 39.6 Å². The molecule has 0 amide bonds. The molecular formula is C83H162O17P2. The van der Waals surface area contributed by atoms with Crippen molar-refractivity contribution in [3.8, 4) is 0 Å². The molecule has 0 saturated heterocycles. The van der Waals surface area contributed by atoms with Crippen LogP contribution in [-0.2, 0) is 65.4 Å². The van der Waals surface area contributed by atoms with Crippen LogP contribution in [0.1, 0.15) is 446 Å². The molecule has 0 radical (unpaired) electrons. The Hall–Kier alpha value is -1.94. The number of carbonyl (C=O) groups is 4. The summed E-state index contributed by atoms with van der Waals surface area (Å²) in [5.74, 6) is -1.33. The number of hydrogen-bond donors (Lipinski definition) is 3. The molecule has 0 fully saturated rings. The van der Waals surface area contributed by atoms with Crippen LogP contribution in [0.15, 0.2) is 0 Å². The van der Waals surface area contributed by atoms with Crippen molar-refractivity contribution in [1.82, 2.24) is 0 Å². The van der Waals surface area contributed by atoms with E-state index in [9.17, 15) is 43.2 Å². The van der Waals surface area contributed by atoms with E-state index in [0.29, 0.717) is 25.7 Å². The van der Waals surface area contributed by atoms with E-state index in [1.54, 1.807) is 0 Å². The summed E-state index contributed by atoms with van der Waals surface area (Å²) in [5.41, 5.74) is 0. The van der Waals surface area contributed by atoms with Gasteiger partial charge in [-0.3, -0.25) is 37.3 Å². The third-order valence-electron chi connectivity index (χ3n) is 19.5. The maximum absolute atomic E-state index is 13.1. The Morgan fingerprint density at radius 3 is 0.667 bits per heavy atom. The first-order valence-corrected chi connectivity index (χ1v) is 46.1. The Morgan fingerprint density at radius 1 is 0.265 bits per heavy atom. The summed E-state index contributed by atoms with van der Waals surface area (Å²) in [5, 5.41) is 10.7. The highest BCUT2D eigenvalue weighted by Crippen LogP contribution is 2.45. The average Bonchev–Trinajstić information content (AvgIpc) is 0.934. The molecule has 19 heteroatoms. The Morgan fingerprint density at radius 2 is 0.451 bits per heavy atom. The second-order valence-electron chi connectivity index (χ2n) is 30.3. The first kappa shape index (κ1) is 100. The van der Waals surface area contributed by atoms with Gasteiger partial charge >= 0.3 is 39.5 Å². The maximum atomic E-state index is 13.1. The first-order chi connectivity index (χ1) is 49.5. The Labute approximate surface area is 626 Å². The van der Waals surface area contributed by atoms with Crippen LogP contribution in [0, 0.1) is 5.92 Å². The first-order valence-electron chi connectivity index (χ1n) is 43.1. The van der Waals surface area contributed by atoms with E-state index >= 15 is 0 Å². The molecule has 0 aliphatic heterocycles. The van der Waals surface area contributed by atoms with E-state index < -0.39 is 97.5 Å². The normalized spacial score (nSPS) is 13.8. The lowest BCUT2D eigenvalue weighted by Crippen LogP contribution is -2.30. The molecule has 0 saturated carbocycles. The number of esters is 4. The van der Waals surface area contributed by atoms with Gasteiger partial charge in [0, 0.05) is 25.7 Å². The van der Waals surface area contributed by atoms with Gasteiger partial charge in [0.2, 0.25) is 0 Å². The largest absolute Gasteiger partial charge is 0.472 e. The van der Waals surface area contributed by atoms with Gasteiger partial charge in [-0.05, 0) is 31.6 Å². The molecule has 0 aromatic carbocycles. The standard InChI is InChI=1S/C83H162O17P2/c1-6-9-12-15-18-21-24-26-28-30-31-32-33-34-36-38-43-48-53-58-63-68-82(87)100-79(73-94-81(86)67-62-57-52-47-42-37-35-29-27-25-22-19-16-13-10-7-2)75-98-102(91,92)96-71-77(84)70-95-101(89,90)97-74-78(72-93-80(85)66-61-56-51-46-23-20-17-14-11-8-3)99-83(88)69-64-59-54-49-44-40-39-41-45-50-55-60-65-76(4)5/h76-79,84H,6-75H2,1-5H3,(H,89,90)(H,91,92)/t77-,78+,79+/m0/s1. The number of hydrogen-bond acceptors (Lipinski definition) is 15. The van der Waals surface area contributed by atoms with Crippen LogP contribution in [0.4, 0.5) is 0 Å². The zero-order valence-corrected chi connectivity index (χ0v) is 68.5. The van der Waals surface area contributed by atoms with Crippen LogP contribution >= 0.6 is 15.6 Å². The average molecular weight is 1490 g/mol. The van der Waals surface area contributed by atoms with Gasteiger partial charge in [-0.2, -0.15) is 0 Å². The number of unbranched alkanes of at least 4 members (excludes halogenated alkanes) is 55. The second kappa shape index (κ2) is 75.9. The van der Waals surface area contributed by atoms with E-state index in [-0.39, 0.29) is 25.7 Å². The van der Waals surface area contributed by atoms with Crippen molar-refractivity contribution in [1.29, 1.82) is 0 Å². The third-order valence-corrected chi connectivity index (χ3v) is 21.4. The molecule has 102 heavy (non-hydrogen) atoms. The smallest absolute Gasteiger partial charge is 0.462 e. The van der Waals surface area contributed by atoms with Gasteiger partial charge < -0.3 is 33.8 Å². The van der Waals surface area contributed by atoms with Crippen molar-refractivity contribution in [3.05, 3.63) is 0 Å². The highest BCUT2D eigenvalue weighted by Gasteiger charge is 2.30. The number of carbonyl (C=O) groups excluding carboxylic acids is 4. The number of ether oxygens (including phenoxy) is 4. The fraction of sp³-hybridized carbons (Fsp3) is 0.952. The summed E-state index contributed by atoms with van der Waals surface area (Å²) < 4.78 is 68.8. The van der Waals surface area contributed by atoms with Crippen LogP contribution < -0.4 is 0 Å². The lowest BCUT2D eigenvalue weighted by atomic mass is 10.0. The van der Waals surface area contributed by atoms with E-state index in [4.69, 9.17) is 37.0 Å². The Bertz CT molecular complexity index is 1940. The van der Waals surface area contributed by atoms with Crippen LogP contribution in [-0.4, -0.2) is 96.7 Å². The third kappa shape index (κ3) is 76.3. The molecule has 0 heterocycles. The van der Waals surface area contributed by atoms with E-state index in [1.165, 1.54) is 270 Å². The van der Waals surface area contributed by atoms with Gasteiger partial charge in [0.1, 0.15) is 19.3 Å². The summed E-state index contributed by atoms with van der Waals surface area (Å²) in [6, 6.07) is 0. The number of phosphoric ester groups is 2. The van der Waals surface area contributed by atoms with Gasteiger partial charge in [-0.1, -0.05) is 394 Å². The molecule has 17 nitrogen and oxygen atoms in total. The summed E-state index contributed by atoms with van der Waals surface area (Å²) >= 11 is 0. The topological polar surface area (TPSA) is 237 Å².